The molecule has 0 saturated carbocycles. The van der Waals surface area contributed by atoms with Crippen molar-refractivity contribution < 1.29 is 26.7 Å². The number of rotatable bonds is 6. The molecule has 37 heavy (non-hydrogen) atoms. The highest BCUT2D eigenvalue weighted by atomic mass is 35.5. The molecule has 197 valence electrons. The first kappa shape index (κ1) is 27.1. The molecule has 1 aromatic heterocycles. The number of benzene rings is 2. The number of thiazole rings is 1. The van der Waals surface area contributed by atoms with Crippen LogP contribution in [-0.4, -0.2) is 38.2 Å². The van der Waals surface area contributed by atoms with Gasteiger partial charge in [-0.3, -0.25) is 0 Å². The maximum absolute atomic E-state index is 15.3. The number of hydrogen-bond donors (Lipinski definition) is 1. The SMILES string of the molecule is CC(C)(C)OC(=O)N(c1cscn1)S(=O)(=O)c1cc(Cl)c(Nc2ccc(F)cc2N2C[CH]CC2)cc1F. The second kappa shape index (κ2) is 10.4. The number of amides is 1. The summed E-state index contributed by atoms with van der Waals surface area (Å²) in [6.45, 7) is 6.01. The van der Waals surface area contributed by atoms with E-state index in [0.29, 0.717) is 28.8 Å². The summed E-state index contributed by atoms with van der Waals surface area (Å²) in [5.41, 5.74) is 1.39. The smallest absolute Gasteiger partial charge is 0.430 e. The van der Waals surface area contributed by atoms with E-state index in [1.54, 1.807) is 20.8 Å². The molecular formula is C24H24ClF2N4O4S2. The molecule has 4 rings (SSSR count). The van der Waals surface area contributed by atoms with Gasteiger partial charge in [-0.1, -0.05) is 11.6 Å². The highest BCUT2D eigenvalue weighted by Gasteiger charge is 2.38. The maximum Gasteiger partial charge on any atom is 0.430 e. The van der Waals surface area contributed by atoms with Crippen LogP contribution in [0.3, 0.4) is 0 Å². The molecule has 1 fully saturated rings. The second-order valence-corrected chi connectivity index (χ2v) is 12.0. The number of sulfonamides is 1. The molecule has 1 aliphatic heterocycles. The number of ether oxygens (including phenoxy) is 1. The molecule has 0 bridgehead atoms. The van der Waals surface area contributed by atoms with E-state index in [1.165, 1.54) is 29.1 Å². The Bertz CT molecular complexity index is 1410. The minimum absolute atomic E-state index is 0.0617. The fourth-order valence-corrected chi connectivity index (χ4v) is 5.88. The van der Waals surface area contributed by atoms with Crippen molar-refractivity contribution in [3.05, 3.63) is 64.3 Å². The molecule has 0 aliphatic carbocycles. The molecule has 1 aliphatic rings. The lowest BCUT2D eigenvalue weighted by molar-refractivity contribution is 0.0608. The molecule has 13 heteroatoms. The molecule has 0 atom stereocenters. The van der Waals surface area contributed by atoms with Crippen LogP contribution in [0.2, 0.25) is 5.02 Å². The fraction of sp³-hybridized carbons (Fsp3) is 0.292. The lowest BCUT2D eigenvalue weighted by Gasteiger charge is -2.26. The third-order valence-corrected chi connectivity index (χ3v) is 7.82. The summed E-state index contributed by atoms with van der Waals surface area (Å²) in [5.74, 6) is -1.83. The van der Waals surface area contributed by atoms with E-state index < -0.39 is 38.2 Å². The molecule has 1 N–H and O–H groups in total. The monoisotopic (exact) mass is 569 g/mol. The Morgan fingerprint density at radius 2 is 1.97 bits per heavy atom. The lowest BCUT2D eigenvalue weighted by atomic mass is 10.2. The van der Waals surface area contributed by atoms with Gasteiger partial charge in [-0.15, -0.1) is 15.6 Å². The van der Waals surface area contributed by atoms with E-state index in [0.717, 1.165) is 29.9 Å². The van der Waals surface area contributed by atoms with Crippen molar-refractivity contribution >= 4 is 61.9 Å². The molecule has 0 spiro atoms. The van der Waals surface area contributed by atoms with Crippen molar-refractivity contribution in [2.45, 2.75) is 37.7 Å². The van der Waals surface area contributed by atoms with Crippen LogP contribution >= 0.6 is 22.9 Å². The summed E-state index contributed by atoms with van der Waals surface area (Å²) in [6.07, 6.45) is 1.65. The molecule has 2 heterocycles. The highest BCUT2D eigenvalue weighted by molar-refractivity contribution is 7.93. The van der Waals surface area contributed by atoms with Gasteiger partial charge in [-0.05, 0) is 57.9 Å². The summed E-state index contributed by atoms with van der Waals surface area (Å²) in [6, 6.07) is 5.92. The molecule has 8 nitrogen and oxygen atoms in total. The summed E-state index contributed by atoms with van der Waals surface area (Å²) < 4.78 is 61.8. The van der Waals surface area contributed by atoms with E-state index in [9.17, 15) is 17.6 Å². The predicted octanol–water partition coefficient (Wildman–Crippen LogP) is 6.36. The van der Waals surface area contributed by atoms with Crippen molar-refractivity contribution in [2.24, 2.45) is 0 Å². The Balaban J connectivity index is 1.71. The molecular weight excluding hydrogens is 546 g/mol. The van der Waals surface area contributed by atoms with Crippen molar-refractivity contribution in [1.82, 2.24) is 4.98 Å². The van der Waals surface area contributed by atoms with Gasteiger partial charge in [0.15, 0.2) is 5.82 Å². The number of halogens is 3. The van der Waals surface area contributed by atoms with Crippen LogP contribution in [0.4, 0.5) is 36.5 Å². The van der Waals surface area contributed by atoms with Crippen LogP contribution in [0, 0.1) is 18.1 Å². The van der Waals surface area contributed by atoms with E-state index in [2.05, 4.69) is 16.7 Å². The van der Waals surface area contributed by atoms with Gasteiger partial charge in [0.2, 0.25) is 0 Å². The Morgan fingerprint density at radius 1 is 1.22 bits per heavy atom. The van der Waals surface area contributed by atoms with Crippen molar-refractivity contribution in [3.8, 4) is 0 Å². The van der Waals surface area contributed by atoms with Gasteiger partial charge in [0, 0.05) is 24.5 Å². The van der Waals surface area contributed by atoms with Crippen LogP contribution in [-0.2, 0) is 14.8 Å². The summed E-state index contributed by atoms with van der Waals surface area (Å²) in [7, 11) is -4.81. The van der Waals surface area contributed by atoms with Gasteiger partial charge in [0.1, 0.15) is 22.1 Å². The van der Waals surface area contributed by atoms with E-state index >= 15 is 4.39 Å². The van der Waals surface area contributed by atoms with Gasteiger partial charge in [0.05, 0.1) is 27.6 Å². The Hall–Kier alpha value is -2.96. The maximum atomic E-state index is 15.3. The summed E-state index contributed by atoms with van der Waals surface area (Å²) in [4.78, 5) is 17.9. The normalized spacial score (nSPS) is 14.1. The first-order valence-corrected chi connectivity index (χ1v) is 13.9. The molecule has 2 aromatic carbocycles. The molecule has 1 radical (unpaired) electrons. The van der Waals surface area contributed by atoms with Gasteiger partial charge >= 0.3 is 6.09 Å². The minimum atomic E-state index is -4.81. The third-order valence-electron chi connectivity index (χ3n) is 5.25. The van der Waals surface area contributed by atoms with Gasteiger partial charge in [-0.25, -0.2) is 27.0 Å². The molecule has 0 unspecified atom stereocenters. The first-order chi connectivity index (χ1) is 17.4. The van der Waals surface area contributed by atoms with Crippen LogP contribution in [0.5, 0.6) is 0 Å². The third kappa shape index (κ3) is 5.97. The van der Waals surface area contributed by atoms with Crippen molar-refractivity contribution in [2.75, 3.05) is 27.6 Å². The van der Waals surface area contributed by atoms with Crippen LogP contribution < -0.4 is 14.5 Å². The Kier molecular flexibility index (Phi) is 7.63. The number of nitrogens with one attached hydrogen (secondary N) is 1. The second-order valence-electron chi connectivity index (χ2n) is 9.17. The summed E-state index contributed by atoms with van der Waals surface area (Å²) in [5, 5.41) is 4.16. The number of carbonyl (C=O) groups excluding carboxylic acids is 1. The Morgan fingerprint density at radius 3 is 2.59 bits per heavy atom. The van der Waals surface area contributed by atoms with E-state index in [-0.39, 0.29) is 16.5 Å². The largest absolute Gasteiger partial charge is 0.443 e. The average molecular weight is 570 g/mol. The Labute approximate surface area is 222 Å². The van der Waals surface area contributed by atoms with Gasteiger partial charge < -0.3 is 15.0 Å². The lowest BCUT2D eigenvalue weighted by Crippen LogP contribution is -2.41. The van der Waals surface area contributed by atoms with Gasteiger partial charge in [0.25, 0.3) is 10.0 Å². The number of hydrogen-bond acceptors (Lipinski definition) is 8. The van der Waals surface area contributed by atoms with Crippen LogP contribution in [0.1, 0.15) is 27.2 Å². The first-order valence-electron chi connectivity index (χ1n) is 11.2. The average Bonchev–Trinajstić information content (AvgIpc) is 3.50. The summed E-state index contributed by atoms with van der Waals surface area (Å²) >= 11 is 7.43. The van der Waals surface area contributed by atoms with Crippen LogP contribution in [0.25, 0.3) is 0 Å². The van der Waals surface area contributed by atoms with Gasteiger partial charge in [-0.2, -0.15) is 0 Å². The zero-order chi connectivity index (χ0) is 27.0. The van der Waals surface area contributed by atoms with Crippen LogP contribution in [0.15, 0.2) is 46.1 Å². The topological polar surface area (TPSA) is 91.8 Å². The number of carbonyl (C=O) groups is 1. The zero-order valence-corrected chi connectivity index (χ0v) is 22.6. The van der Waals surface area contributed by atoms with Crippen molar-refractivity contribution in [3.63, 3.8) is 0 Å². The quantitative estimate of drug-likeness (QED) is 0.369. The fourth-order valence-electron chi connectivity index (χ4n) is 3.67. The minimum Gasteiger partial charge on any atom is -0.443 e. The molecule has 1 amide bonds. The van der Waals surface area contributed by atoms with E-state index in [1.807, 2.05) is 4.90 Å². The highest BCUT2D eigenvalue weighted by Crippen LogP contribution is 2.37. The predicted molar refractivity (Wildman–Crippen MR) is 140 cm³/mol. The molecule has 3 aromatic rings. The van der Waals surface area contributed by atoms with Crippen molar-refractivity contribution in [1.29, 1.82) is 0 Å². The number of aromatic nitrogens is 1. The molecule has 1 saturated heterocycles. The zero-order valence-electron chi connectivity index (χ0n) is 20.2. The number of anilines is 4. The standard InChI is InChI=1S/C24H24ClF2N4O4S2/c1-24(2,3)35-23(32)31(22-13-36-14-28-22)37(33,34)21-11-16(25)19(12-17(21)27)29-18-7-6-15(26)10-20(18)30-8-4-5-9-30/h4,6-7,10-14,29H,5,8-9H2,1-3H3. The van der Waals surface area contributed by atoms with E-state index in [4.69, 9.17) is 16.3 Å². The number of nitrogens with zero attached hydrogens (tertiary/aromatic N) is 3.